The summed E-state index contributed by atoms with van der Waals surface area (Å²) in [5.41, 5.74) is 7.35. The van der Waals surface area contributed by atoms with Gasteiger partial charge in [0.1, 0.15) is 0 Å². The van der Waals surface area contributed by atoms with Crippen LogP contribution in [0.25, 0.3) is 11.4 Å². The third-order valence-electron chi connectivity index (χ3n) is 3.23. The lowest BCUT2D eigenvalue weighted by atomic mass is 9.98. The molecule has 0 spiro atoms. The number of nitrogens with two attached hydrogens (primary N) is 1. The predicted octanol–water partition coefficient (Wildman–Crippen LogP) is 4.00. The number of hydrogen-bond acceptors (Lipinski definition) is 4. The molecule has 102 valence electrons. The van der Waals surface area contributed by atoms with Crippen molar-refractivity contribution in [2.75, 3.05) is 5.73 Å². The van der Waals surface area contributed by atoms with E-state index < -0.39 is 0 Å². The van der Waals surface area contributed by atoms with Gasteiger partial charge in [-0.05, 0) is 37.1 Å². The molecule has 0 aliphatic rings. The van der Waals surface area contributed by atoms with E-state index in [2.05, 4.69) is 24.0 Å². The summed E-state index contributed by atoms with van der Waals surface area (Å²) in [6.07, 6.45) is 4.45. The number of nitrogen functional groups attached to an aromatic ring is 1. The lowest BCUT2D eigenvalue weighted by molar-refractivity contribution is 0.337. The van der Waals surface area contributed by atoms with Crippen LogP contribution in [0.2, 0.25) is 0 Å². The molecule has 0 radical (unpaired) electrons. The van der Waals surface area contributed by atoms with E-state index in [1.165, 1.54) is 0 Å². The molecule has 4 heteroatoms. The van der Waals surface area contributed by atoms with E-state index in [0.29, 0.717) is 11.7 Å². The van der Waals surface area contributed by atoms with Gasteiger partial charge in [-0.2, -0.15) is 4.98 Å². The molecular formula is C15H21N3O. The number of anilines is 1. The minimum atomic E-state index is 0.380. The Hall–Kier alpha value is -1.84. The molecule has 2 aromatic rings. The van der Waals surface area contributed by atoms with Gasteiger partial charge in [0.05, 0.1) is 0 Å². The maximum atomic E-state index is 5.67. The van der Waals surface area contributed by atoms with Gasteiger partial charge in [0.15, 0.2) is 0 Å². The largest absolute Gasteiger partial charge is 0.399 e. The highest BCUT2D eigenvalue weighted by atomic mass is 16.5. The zero-order valence-corrected chi connectivity index (χ0v) is 11.6. The number of benzene rings is 1. The second-order valence-electron chi connectivity index (χ2n) is 4.85. The van der Waals surface area contributed by atoms with Gasteiger partial charge >= 0.3 is 0 Å². The highest BCUT2D eigenvalue weighted by Gasteiger charge is 2.18. The Morgan fingerprint density at radius 2 is 1.74 bits per heavy atom. The molecule has 4 nitrogen and oxygen atoms in total. The van der Waals surface area contributed by atoms with E-state index in [-0.39, 0.29) is 0 Å². The predicted molar refractivity (Wildman–Crippen MR) is 76.7 cm³/mol. The Labute approximate surface area is 114 Å². The standard InChI is InChI=1S/C15H21N3O/c1-3-5-12(6-4-2)15-17-14(18-19-15)11-7-9-13(16)10-8-11/h7-10,12H,3-6,16H2,1-2H3. The molecule has 0 amide bonds. The minimum Gasteiger partial charge on any atom is -0.399 e. The molecule has 0 aliphatic carbocycles. The maximum Gasteiger partial charge on any atom is 0.230 e. The molecule has 0 unspecified atom stereocenters. The van der Waals surface area contributed by atoms with Gasteiger partial charge in [0, 0.05) is 17.2 Å². The van der Waals surface area contributed by atoms with E-state index in [1.807, 2.05) is 24.3 Å². The first-order valence-corrected chi connectivity index (χ1v) is 6.94. The van der Waals surface area contributed by atoms with Crippen molar-refractivity contribution in [3.8, 4) is 11.4 Å². The van der Waals surface area contributed by atoms with Crippen LogP contribution in [0.15, 0.2) is 28.8 Å². The molecule has 0 saturated carbocycles. The molecule has 0 saturated heterocycles. The Morgan fingerprint density at radius 1 is 1.11 bits per heavy atom. The summed E-state index contributed by atoms with van der Waals surface area (Å²) in [7, 11) is 0. The van der Waals surface area contributed by atoms with Crippen LogP contribution >= 0.6 is 0 Å². The minimum absolute atomic E-state index is 0.380. The molecule has 2 N–H and O–H groups in total. The van der Waals surface area contributed by atoms with Crippen LogP contribution in [-0.4, -0.2) is 10.1 Å². The van der Waals surface area contributed by atoms with Crippen LogP contribution in [0.1, 0.15) is 51.3 Å². The molecule has 0 aliphatic heterocycles. The Balaban J connectivity index is 2.19. The Kier molecular flexibility index (Phi) is 4.55. The molecule has 2 rings (SSSR count). The van der Waals surface area contributed by atoms with Gasteiger partial charge in [-0.15, -0.1) is 0 Å². The molecule has 1 aromatic heterocycles. The summed E-state index contributed by atoms with van der Waals surface area (Å²) in [6, 6.07) is 7.53. The number of rotatable bonds is 6. The lowest BCUT2D eigenvalue weighted by Crippen LogP contribution is -1.98. The van der Waals surface area contributed by atoms with Crippen LogP contribution in [0.3, 0.4) is 0 Å². The summed E-state index contributed by atoms with van der Waals surface area (Å²) < 4.78 is 5.42. The maximum absolute atomic E-state index is 5.67. The third-order valence-corrected chi connectivity index (χ3v) is 3.23. The summed E-state index contributed by atoms with van der Waals surface area (Å²) in [6.45, 7) is 4.36. The summed E-state index contributed by atoms with van der Waals surface area (Å²) in [5, 5.41) is 4.07. The molecule has 0 bridgehead atoms. The van der Waals surface area contributed by atoms with E-state index in [9.17, 15) is 0 Å². The van der Waals surface area contributed by atoms with E-state index in [0.717, 1.165) is 42.8 Å². The van der Waals surface area contributed by atoms with Gasteiger partial charge in [0.25, 0.3) is 0 Å². The average Bonchev–Trinajstić information content (AvgIpc) is 2.89. The SMILES string of the molecule is CCCC(CCC)c1nc(-c2ccc(N)cc2)no1. The normalized spacial score (nSPS) is 11.1. The van der Waals surface area contributed by atoms with Crippen LogP contribution in [0.4, 0.5) is 5.69 Å². The van der Waals surface area contributed by atoms with Gasteiger partial charge in [0.2, 0.25) is 11.7 Å². The first kappa shape index (κ1) is 13.6. The first-order valence-electron chi connectivity index (χ1n) is 6.94. The number of aromatic nitrogens is 2. The molecule has 1 aromatic carbocycles. The summed E-state index contributed by atoms with van der Waals surface area (Å²) in [4.78, 5) is 4.53. The monoisotopic (exact) mass is 259 g/mol. The van der Waals surface area contributed by atoms with Crippen molar-refractivity contribution in [2.45, 2.75) is 45.4 Å². The molecule has 0 atom stereocenters. The smallest absolute Gasteiger partial charge is 0.230 e. The molecule has 19 heavy (non-hydrogen) atoms. The van der Waals surface area contributed by atoms with Crippen LogP contribution in [0.5, 0.6) is 0 Å². The van der Waals surface area contributed by atoms with Gasteiger partial charge < -0.3 is 10.3 Å². The van der Waals surface area contributed by atoms with E-state index in [1.54, 1.807) is 0 Å². The molecule has 1 heterocycles. The summed E-state index contributed by atoms with van der Waals surface area (Å²) in [5.74, 6) is 1.78. The molecular weight excluding hydrogens is 238 g/mol. The highest BCUT2D eigenvalue weighted by molar-refractivity contribution is 5.58. The Morgan fingerprint density at radius 3 is 2.32 bits per heavy atom. The summed E-state index contributed by atoms with van der Waals surface area (Å²) >= 11 is 0. The fraction of sp³-hybridized carbons (Fsp3) is 0.467. The first-order chi connectivity index (χ1) is 9.24. The average molecular weight is 259 g/mol. The van der Waals surface area contributed by atoms with Crippen molar-refractivity contribution in [1.29, 1.82) is 0 Å². The Bertz CT molecular complexity index is 498. The number of nitrogens with zero attached hydrogens (tertiary/aromatic N) is 2. The lowest BCUT2D eigenvalue weighted by Gasteiger charge is -2.08. The second kappa shape index (κ2) is 6.36. The zero-order chi connectivity index (χ0) is 13.7. The van der Waals surface area contributed by atoms with E-state index in [4.69, 9.17) is 10.3 Å². The van der Waals surface area contributed by atoms with E-state index >= 15 is 0 Å². The van der Waals surface area contributed by atoms with Crippen LogP contribution < -0.4 is 5.73 Å². The van der Waals surface area contributed by atoms with Crippen LogP contribution in [0, 0.1) is 0 Å². The molecule has 0 fully saturated rings. The van der Waals surface area contributed by atoms with Crippen molar-refractivity contribution >= 4 is 5.69 Å². The third kappa shape index (κ3) is 3.34. The fourth-order valence-corrected chi connectivity index (χ4v) is 2.24. The van der Waals surface area contributed by atoms with Crippen molar-refractivity contribution in [1.82, 2.24) is 10.1 Å². The van der Waals surface area contributed by atoms with Crippen molar-refractivity contribution in [3.05, 3.63) is 30.2 Å². The second-order valence-corrected chi connectivity index (χ2v) is 4.85. The zero-order valence-electron chi connectivity index (χ0n) is 11.6. The van der Waals surface area contributed by atoms with Gasteiger partial charge in [-0.25, -0.2) is 0 Å². The van der Waals surface area contributed by atoms with Crippen molar-refractivity contribution in [3.63, 3.8) is 0 Å². The van der Waals surface area contributed by atoms with Crippen molar-refractivity contribution < 1.29 is 4.52 Å². The highest BCUT2D eigenvalue weighted by Crippen LogP contribution is 2.27. The van der Waals surface area contributed by atoms with Crippen LogP contribution in [-0.2, 0) is 0 Å². The van der Waals surface area contributed by atoms with Crippen molar-refractivity contribution in [2.24, 2.45) is 0 Å². The fourth-order valence-electron chi connectivity index (χ4n) is 2.24. The topological polar surface area (TPSA) is 64.9 Å². The number of hydrogen-bond donors (Lipinski definition) is 1. The quantitative estimate of drug-likeness (QED) is 0.796. The van der Waals surface area contributed by atoms with Gasteiger partial charge in [-0.1, -0.05) is 31.8 Å². The van der Waals surface area contributed by atoms with Gasteiger partial charge in [-0.3, -0.25) is 0 Å².